The zero-order valence-electron chi connectivity index (χ0n) is 13.0. The number of rotatable bonds is 6. The molecule has 1 atom stereocenters. The molecule has 0 saturated heterocycles. The van der Waals surface area contributed by atoms with Gasteiger partial charge in [-0.3, -0.25) is 4.79 Å². The van der Waals surface area contributed by atoms with Gasteiger partial charge in [-0.2, -0.15) is 0 Å². The fraction of sp³-hybridized carbons (Fsp3) is 0.412. The predicted octanol–water partition coefficient (Wildman–Crippen LogP) is 2.81. The first kappa shape index (κ1) is 17.0. The minimum Gasteiger partial charge on any atom is -0.480 e. The Balaban J connectivity index is 2.95. The molecule has 0 spiro atoms. The molecule has 1 rings (SSSR count). The summed E-state index contributed by atoms with van der Waals surface area (Å²) >= 11 is 0. The topological polar surface area (TPSA) is 66.4 Å². The summed E-state index contributed by atoms with van der Waals surface area (Å²) in [7, 11) is 0. The maximum absolute atomic E-state index is 12.5. The number of carboxylic acid groups (broad SMARTS) is 1. The van der Waals surface area contributed by atoms with Crippen molar-refractivity contribution in [1.82, 2.24) is 5.32 Å². The Bertz CT molecular complexity index is 547. The Labute approximate surface area is 125 Å². The molecular formula is C17H23NO3. The quantitative estimate of drug-likeness (QED) is 0.791. The van der Waals surface area contributed by atoms with E-state index in [0.717, 1.165) is 11.1 Å². The van der Waals surface area contributed by atoms with Crippen LogP contribution in [0.1, 0.15) is 38.3 Å². The minimum atomic E-state index is -1.03. The third-order valence-corrected chi connectivity index (χ3v) is 3.60. The molecule has 0 aliphatic rings. The van der Waals surface area contributed by atoms with Gasteiger partial charge in [0.05, 0.1) is 5.41 Å². The first-order valence-corrected chi connectivity index (χ1v) is 7.01. The fourth-order valence-corrected chi connectivity index (χ4v) is 2.23. The van der Waals surface area contributed by atoms with Crippen molar-refractivity contribution in [3.63, 3.8) is 0 Å². The number of hydrogen-bond donors (Lipinski definition) is 2. The van der Waals surface area contributed by atoms with Gasteiger partial charge in [-0.1, -0.05) is 36.4 Å². The van der Waals surface area contributed by atoms with Crippen LogP contribution in [0.3, 0.4) is 0 Å². The normalized spacial score (nSPS) is 13.1. The van der Waals surface area contributed by atoms with Crippen molar-refractivity contribution in [2.75, 3.05) is 0 Å². The van der Waals surface area contributed by atoms with Gasteiger partial charge >= 0.3 is 5.97 Å². The maximum atomic E-state index is 12.5. The molecule has 4 heteroatoms. The van der Waals surface area contributed by atoms with E-state index in [4.69, 9.17) is 0 Å². The van der Waals surface area contributed by atoms with Crippen LogP contribution in [0, 0.1) is 6.92 Å². The smallest absolute Gasteiger partial charge is 0.326 e. The van der Waals surface area contributed by atoms with Crippen LogP contribution in [-0.4, -0.2) is 23.0 Å². The summed E-state index contributed by atoms with van der Waals surface area (Å²) in [4.78, 5) is 23.7. The second-order valence-corrected chi connectivity index (χ2v) is 5.61. The van der Waals surface area contributed by atoms with Gasteiger partial charge in [-0.25, -0.2) is 4.79 Å². The van der Waals surface area contributed by atoms with Crippen LogP contribution in [0.4, 0.5) is 0 Å². The average molecular weight is 289 g/mol. The van der Waals surface area contributed by atoms with Crippen molar-refractivity contribution < 1.29 is 14.7 Å². The lowest BCUT2D eigenvalue weighted by Crippen LogP contribution is -2.48. The van der Waals surface area contributed by atoms with Crippen molar-refractivity contribution in [3.8, 4) is 0 Å². The van der Waals surface area contributed by atoms with Gasteiger partial charge in [-0.15, -0.1) is 0 Å². The number of carboxylic acids is 1. The van der Waals surface area contributed by atoms with Crippen molar-refractivity contribution in [1.29, 1.82) is 0 Å². The molecule has 1 aromatic rings. The lowest BCUT2D eigenvalue weighted by atomic mass is 9.81. The number of allylic oxidation sites excluding steroid dienone is 1. The Hall–Kier alpha value is -2.10. The van der Waals surface area contributed by atoms with Crippen molar-refractivity contribution in [2.45, 2.75) is 45.6 Å². The molecule has 1 unspecified atom stereocenters. The van der Waals surface area contributed by atoms with E-state index in [1.165, 1.54) is 0 Å². The lowest BCUT2D eigenvalue weighted by Gasteiger charge is -2.27. The van der Waals surface area contributed by atoms with Crippen LogP contribution in [-0.2, 0) is 15.0 Å². The van der Waals surface area contributed by atoms with Crippen LogP contribution in [0.5, 0.6) is 0 Å². The Morgan fingerprint density at radius 3 is 2.48 bits per heavy atom. The molecule has 0 aromatic heterocycles. The lowest BCUT2D eigenvalue weighted by molar-refractivity contribution is -0.142. The maximum Gasteiger partial charge on any atom is 0.326 e. The van der Waals surface area contributed by atoms with E-state index in [-0.39, 0.29) is 12.3 Å². The van der Waals surface area contributed by atoms with Crippen molar-refractivity contribution in [3.05, 3.63) is 47.5 Å². The number of nitrogens with one attached hydrogen (secondary N) is 1. The van der Waals surface area contributed by atoms with E-state index in [1.54, 1.807) is 26.0 Å². The van der Waals surface area contributed by atoms with Crippen LogP contribution < -0.4 is 5.32 Å². The highest BCUT2D eigenvalue weighted by Gasteiger charge is 2.33. The van der Waals surface area contributed by atoms with Gasteiger partial charge in [-0.05, 0) is 45.2 Å². The molecule has 0 aliphatic carbocycles. The third kappa shape index (κ3) is 4.18. The SMILES string of the molecule is C/C=C/CC(NC(=O)C(C)(C)c1ccccc1C)C(=O)O. The van der Waals surface area contributed by atoms with Crippen LogP contribution in [0.2, 0.25) is 0 Å². The number of benzene rings is 1. The van der Waals surface area contributed by atoms with Crippen LogP contribution in [0.25, 0.3) is 0 Å². The zero-order valence-corrected chi connectivity index (χ0v) is 13.0. The van der Waals surface area contributed by atoms with Gasteiger partial charge in [0, 0.05) is 0 Å². The number of hydrogen-bond acceptors (Lipinski definition) is 2. The second-order valence-electron chi connectivity index (χ2n) is 5.61. The van der Waals surface area contributed by atoms with Gasteiger partial charge in [0.2, 0.25) is 5.91 Å². The summed E-state index contributed by atoms with van der Waals surface area (Å²) in [6, 6.07) is 6.73. The number of aryl methyl sites for hydroxylation is 1. The molecule has 4 nitrogen and oxygen atoms in total. The van der Waals surface area contributed by atoms with Crippen molar-refractivity contribution in [2.24, 2.45) is 0 Å². The second kappa shape index (κ2) is 7.07. The summed E-state index contributed by atoms with van der Waals surface area (Å²) in [5, 5.41) is 11.8. The van der Waals surface area contributed by atoms with E-state index in [2.05, 4.69) is 5.32 Å². The number of amides is 1. The molecular weight excluding hydrogens is 266 g/mol. The summed E-state index contributed by atoms with van der Waals surface area (Å²) in [5.41, 5.74) is 1.13. The summed E-state index contributed by atoms with van der Waals surface area (Å²) in [6.07, 6.45) is 3.79. The first-order valence-electron chi connectivity index (χ1n) is 7.01. The van der Waals surface area contributed by atoms with Gasteiger partial charge in [0.15, 0.2) is 0 Å². The summed E-state index contributed by atoms with van der Waals surface area (Å²) in [5.74, 6) is -1.31. The number of carbonyl (C=O) groups excluding carboxylic acids is 1. The number of aliphatic carboxylic acids is 1. The third-order valence-electron chi connectivity index (χ3n) is 3.60. The standard InChI is InChI=1S/C17H23NO3/c1-5-6-11-14(15(19)20)18-16(21)17(3,4)13-10-8-7-9-12(13)2/h5-10,14H,11H2,1-4H3,(H,18,21)(H,19,20)/b6-5+. The predicted molar refractivity (Wildman–Crippen MR) is 83.2 cm³/mol. The van der Waals surface area contributed by atoms with Gasteiger partial charge in [0.25, 0.3) is 0 Å². The Morgan fingerprint density at radius 1 is 1.33 bits per heavy atom. The van der Waals surface area contributed by atoms with Gasteiger partial charge < -0.3 is 10.4 Å². The zero-order chi connectivity index (χ0) is 16.0. The van der Waals surface area contributed by atoms with Crippen molar-refractivity contribution >= 4 is 11.9 Å². The largest absolute Gasteiger partial charge is 0.480 e. The molecule has 2 N–H and O–H groups in total. The van der Waals surface area contributed by atoms with Crippen LogP contribution >= 0.6 is 0 Å². The highest BCUT2D eigenvalue weighted by molar-refractivity contribution is 5.91. The van der Waals surface area contributed by atoms with E-state index in [9.17, 15) is 14.7 Å². The monoisotopic (exact) mass is 289 g/mol. The molecule has 0 fully saturated rings. The molecule has 21 heavy (non-hydrogen) atoms. The summed E-state index contributed by atoms with van der Waals surface area (Å²) < 4.78 is 0. The highest BCUT2D eigenvalue weighted by atomic mass is 16.4. The Morgan fingerprint density at radius 2 is 1.95 bits per heavy atom. The molecule has 1 amide bonds. The van der Waals surface area contributed by atoms with E-state index in [1.807, 2.05) is 38.1 Å². The molecule has 0 aliphatic heterocycles. The summed E-state index contributed by atoms with van der Waals surface area (Å²) in [6.45, 7) is 7.37. The minimum absolute atomic E-state index is 0.279. The highest BCUT2D eigenvalue weighted by Crippen LogP contribution is 2.26. The fourth-order valence-electron chi connectivity index (χ4n) is 2.23. The van der Waals surface area contributed by atoms with E-state index < -0.39 is 17.4 Å². The van der Waals surface area contributed by atoms with E-state index >= 15 is 0 Å². The average Bonchev–Trinajstić information content (AvgIpc) is 2.43. The molecule has 0 bridgehead atoms. The molecule has 0 radical (unpaired) electrons. The number of carbonyl (C=O) groups is 2. The molecule has 114 valence electrons. The molecule has 1 aromatic carbocycles. The van der Waals surface area contributed by atoms with Gasteiger partial charge in [0.1, 0.15) is 6.04 Å². The molecule has 0 heterocycles. The molecule has 0 saturated carbocycles. The Kier molecular flexibility index (Phi) is 5.70. The van der Waals surface area contributed by atoms with E-state index in [0.29, 0.717) is 0 Å². The first-order chi connectivity index (χ1) is 9.80. The van der Waals surface area contributed by atoms with Crippen LogP contribution in [0.15, 0.2) is 36.4 Å².